The van der Waals surface area contributed by atoms with Crippen molar-refractivity contribution in [2.45, 2.75) is 11.3 Å². The van der Waals surface area contributed by atoms with Crippen molar-refractivity contribution < 1.29 is 0 Å². The minimum Gasteiger partial charge on any atom is -0.296 e. The molecular formula is C35H26N10. The monoisotopic (exact) mass is 586 g/mol. The zero-order valence-corrected chi connectivity index (χ0v) is 24.0. The second-order valence-corrected chi connectivity index (χ2v) is 10.4. The molecule has 0 radical (unpaired) electrons. The van der Waals surface area contributed by atoms with Gasteiger partial charge in [-0.05, 0) is 72.8 Å². The number of aromatic nitrogens is 6. The molecule has 10 nitrogen and oxygen atoms in total. The number of pyridine rings is 6. The molecule has 8 rings (SSSR count). The molecule has 0 amide bonds. The van der Waals surface area contributed by atoms with Crippen LogP contribution < -0.4 is 14.7 Å². The van der Waals surface area contributed by atoms with Crippen molar-refractivity contribution >= 4 is 23.8 Å². The molecule has 6 aromatic heterocycles. The van der Waals surface area contributed by atoms with Crippen LogP contribution in [0, 0.1) is 0 Å². The quantitative estimate of drug-likeness (QED) is 0.250. The molecule has 0 saturated heterocycles. The van der Waals surface area contributed by atoms with E-state index in [1.807, 2.05) is 127 Å². The smallest absolute Gasteiger partial charge is 0.212 e. The predicted molar refractivity (Wildman–Crippen MR) is 172 cm³/mol. The number of hydrogen-bond acceptors (Lipinski definition) is 10. The van der Waals surface area contributed by atoms with Crippen molar-refractivity contribution in [3.8, 4) is 0 Å². The first-order valence-corrected chi connectivity index (χ1v) is 14.5. The molecule has 6 aromatic rings. The molecule has 0 bridgehead atoms. The zero-order valence-electron chi connectivity index (χ0n) is 24.0. The van der Waals surface area contributed by atoms with Crippen LogP contribution in [-0.2, 0) is 11.3 Å². The van der Waals surface area contributed by atoms with Crippen molar-refractivity contribution in [2.75, 3.05) is 14.7 Å². The Morgan fingerprint density at radius 1 is 0.400 bits per heavy atom. The van der Waals surface area contributed by atoms with Gasteiger partial charge in [-0.3, -0.25) is 29.7 Å². The average Bonchev–Trinajstić information content (AvgIpc) is 3.53. The van der Waals surface area contributed by atoms with Crippen LogP contribution in [-0.4, -0.2) is 36.2 Å². The van der Waals surface area contributed by atoms with Crippen molar-refractivity contribution in [1.29, 1.82) is 0 Å². The number of nitrogens with zero attached hydrogens (tertiary/aromatic N) is 10. The Morgan fingerprint density at radius 3 is 1.27 bits per heavy atom. The van der Waals surface area contributed by atoms with Gasteiger partial charge in [0.1, 0.15) is 23.2 Å². The summed E-state index contributed by atoms with van der Waals surface area (Å²) in [7, 11) is 0. The van der Waals surface area contributed by atoms with Crippen LogP contribution in [0.25, 0.3) is 0 Å². The molecule has 2 aliphatic heterocycles. The SMILES string of the molecule is C1=NC2=CN(c3ccccn3)C(c3ccccn3)(c3ccccn3)N(c3ccccn3)C2(c2ccccn2)N1c1ccccn1. The molecule has 0 N–H and O–H groups in total. The predicted octanol–water partition coefficient (Wildman–Crippen LogP) is 5.53. The van der Waals surface area contributed by atoms with E-state index >= 15 is 0 Å². The van der Waals surface area contributed by atoms with Crippen molar-refractivity contribution in [3.05, 3.63) is 175 Å². The van der Waals surface area contributed by atoms with Crippen LogP contribution in [0.4, 0.5) is 17.5 Å². The fourth-order valence-corrected chi connectivity index (χ4v) is 6.27. The summed E-state index contributed by atoms with van der Waals surface area (Å²) in [6, 6.07) is 35.2. The molecule has 8 heterocycles. The van der Waals surface area contributed by atoms with Gasteiger partial charge in [0.05, 0.1) is 23.4 Å². The van der Waals surface area contributed by atoms with Gasteiger partial charge in [0.2, 0.25) is 11.3 Å². The lowest BCUT2D eigenvalue weighted by atomic mass is 9.84. The number of rotatable bonds is 6. The highest BCUT2D eigenvalue weighted by Crippen LogP contribution is 2.57. The minimum atomic E-state index is -1.27. The zero-order chi connectivity index (χ0) is 30.1. The van der Waals surface area contributed by atoms with Crippen LogP contribution in [0.5, 0.6) is 0 Å². The topological polar surface area (TPSA) is 99.4 Å². The van der Waals surface area contributed by atoms with Gasteiger partial charge in [-0.25, -0.2) is 19.9 Å². The molecule has 216 valence electrons. The van der Waals surface area contributed by atoms with Gasteiger partial charge in [-0.1, -0.05) is 36.4 Å². The van der Waals surface area contributed by atoms with E-state index in [4.69, 9.17) is 34.9 Å². The molecular weight excluding hydrogens is 560 g/mol. The first-order chi connectivity index (χ1) is 22.3. The fourth-order valence-electron chi connectivity index (χ4n) is 6.27. The maximum Gasteiger partial charge on any atom is 0.212 e. The largest absolute Gasteiger partial charge is 0.296 e. The average molecular weight is 587 g/mol. The van der Waals surface area contributed by atoms with Crippen molar-refractivity contribution in [3.63, 3.8) is 0 Å². The van der Waals surface area contributed by atoms with Crippen LogP contribution in [0.3, 0.4) is 0 Å². The number of anilines is 3. The summed E-state index contributed by atoms with van der Waals surface area (Å²) in [5, 5.41) is 0. The summed E-state index contributed by atoms with van der Waals surface area (Å²) in [6.45, 7) is 0. The second-order valence-electron chi connectivity index (χ2n) is 10.4. The lowest BCUT2D eigenvalue weighted by Crippen LogP contribution is -2.72. The summed E-state index contributed by atoms with van der Waals surface area (Å²) >= 11 is 0. The third kappa shape index (κ3) is 3.92. The molecule has 45 heavy (non-hydrogen) atoms. The van der Waals surface area contributed by atoms with Crippen molar-refractivity contribution in [2.24, 2.45) is 4.99 Å². The Kier molecular flexibility index (Phi) is 6.30. The Morgan fingerprint density at radius 2 is 0.822 bits per heavy atom. The Bertz CT molecular complexity index is 1920. The number of hydrogen-bond donors (Lipinski definition) is 0. The van der Waals surface area contributed by atoms with E-state index in [2.05, 4.69) is 9.80 Å². The Hall–Kier alpha value is -6.29. The summed E-state index contributed by atoms with van der Waals surface area (Å²) in [5.41, 5.74) is 0.307. The molecule has 1 unspecified atom stereocenters. The molecule has 10 heteroatoms. The molecule has 0 fully saturated rings. The summed E-state index contributed by atoms with van der Waals surface area (Å²) in [4.78, 5) is 41.1. The molecule has 0 aromatic carbocycles. The first-order valence-electron chi connectivity index (χ1n) is 14.5. The van der Waals surface area contributed by atoms with E-state index in [9.17, 15) is 0 Å². The highest BCUT2D eigenvalue weighted by molar-refractivity contribution is 5.89. The van der Waals surface area contributed by atoms with Crippen molar-refractivity contribution in [1.82, 2.24) is 29.9 Å². The molecule has 0 saturated carbocycles. The first kappa shape index (κ1) is 26.3. The standard InChI is InChI=1S/C35H26N10/c1-7-19-36-27(13-1)34(28-14-2-8-20-37-28)43(31-16-4-10-22-39-31)25-30-35(29-15-3-9-21-38-29,45(34)33-18-6-12-24-41-33)44(26-42-30)32-17-5-11-23-40-32/h1-26H. The van der Waals surface area contributed by atoms with Crippen LogP contribution >= 0.6 is 0 Å². The highest BCUT2D eigenvalue weighted by atomic mass is 15.6. The Labute approximate surface area is 259 Å². The van der Waals surface area contributed by atoms with E-state index in [1.165, 1.54) is 0 Å². The maximum absolute atomic E-state index is 5.07. The highest BCUT2D eigenvalue weighted by Gasteiger charge is 2.66. The third-order valence-corrected chi connectivity index (χ3v) is 8.00. The lowest BCUT2D eigenvalue weighted by molar-refractivity contribution is 0.316. The summed E-state index contributed by atoms with van der Waals surface area (Å²) in [5.74, 6) is 1.99. The van der Waals surface area contributed by atoms with Crippen LogP contribution in [0.1, 0.15) is 17.1 Å². The number of aliphatic imine (C=N–C) groups is 1. The Balaban J connectivity index is 1.60. The van der Waals surface area contributed by atoms with Gasteiger partial charge >= 0.3 is 0 Å². The summed E-state index contributed by atoms with van der Waals surface area (Å²) < 4.78 is 0. The van der Waals surface area contributed by atoms with E-state index in [-0.39, 0.29) is 0 Å². The summed E-state index contributed by atoms with van der Waals surface area (Å²) in [6.07, 6.45) is 14.6. The van der Waals surface area contributed by atoms with Crippen LogP contribution in [0.2, 0.25) is 0 Å². The van der Waals surface area contributed by atoms with Gasteiger partial charge in [-0.2, -0.15) is 0 Å². The molecule has 2 aliphatic rings. The van der Waals surface area contributed by atoms with Gasteiger partial charge in [0.25, 0.3) is 0 Å². The lowest BCUT2D eigenvalue weighted by Gasteiger charge is -2.60. The van der Waals surface area contributed by atoms with Gasteiger partial charge in [0.15, 0.2) is 0 Å². The van der Waals surface area contributed by atoms with Gasteiger partial charge in [0, 0.05) is 43.4 Å². The third-order valence-electron chi connectivity index (χ3n) is 8.00. The fraction of sp³-hybridized carbons (Fsp3) is 0.0571. The second kappa shape index (κ2) is 10.8. The van der Waals surface area contributed by atoms with E-state index in [0.29, 0.717) is 40.2 Å². The van der Waals surface area contributed by atoms with Gasteiger partial charge in [-0.15, -0.1) is 0 Å². The molecule has 0 aliphatic carbocycles. The maximum atomic E-state index is 5.07. The van der Waals surface area contributed by atoms with E-state index in [1.54, 1.807) is 37.2 Å². The van der Waals surface area contributed by atoms with E-state index in [0.717, 1.165) is 0 Å². The normalized spacial score (nSPS) is 18.4. The molecule has 1 atom stereocenters. The molecule has 0 spiro atoms. The van der Waals surface area contributed by atoms with Gasteiger partial charge < -0.3 is 0 Å². The van der Waals surface area contributed by atoms with Crippen LogP contribution in [0.15, 0.2) is 163 Å². The number of fused-ring (bicyclic) bond motifs is 1. The minimum absolute atomic E-state index is 0.637. The van der Waals surface area contributed by atoms with E-state index < -0.39 is 11.3 Å².